The van der Waals surface area contributed by atoms with Gasteiger partial charge in [-0.15, -0.1) is 0 Å². The number of nitrogens with zero attached hydrogens (tertiary/aromatic N) is 1. The molecule has 3 aliphatic heterocycles. The second-order valence-corrected chi connectivity index (χ2v) is 21.8. The number of fused-ring (bicyclic) bond motifs is 3. The van der Waals surface area contributed by atoms with E-state index in [-0.39, 0.29) is 42.8 Å². The Morgan fingerprint density at radius 3 is 2.21 bits per heavy atom. The lowest BCUT2D eigenvalue weighted by atomic mass is 9.78. The van der Waals surface area contributed by atoms with Crippen LogP contribution in [0.4, 0.5) is 0 Å². The van der Waals surface area contributed by atoms with Gasteiger partial charge < -0.3 is 53.7 Å². The van der Waals surface area contributed by atoms with Crippen molar-refractivity contribution in [3.05, 3.63) is 47.6 Å². The van der Waals surface area contributed by atoms with Crippen molar-refractivity contribution in [3.63, 3.8) is 0 Å². The highest BCUT2D eigenvalue weighted by molar-refractivity contribution is 6.39. The molecule has 1 saturated carbocycles. The Morgan fingerprint density at radius 2 is 1.56 bits per heavy atom. The van der Waals surface area contributed by atoms with E-state index in [1.54, 1.807) is 40.9 Å². The van der Waals surface area contributed by atoms with Gasteiger partial charge in [-0.3, -0.25) is 24.0 Å². The average molecular weight is 1030 g/mol. The fourth-order valence-corrected chi connectivity index (χ4v) is 10.7. The normalized spacial score (nSPS) is 37.4. The first kappa shape index (κ1) is 61.6. The van der Waals surface area contributed by atoms with Crippen LogP contribution in [0.5, 0.6) is 0 Å². The van der Waals surface area contributed by atoms with E-state index in [0.717, 1.165) is 10.5 Å². The standard InChI is InChI=1S/C56H87NO16/c1-33-17-13-12-14-18-34(2)45(68-9)29-41-22-20-39(7)56(67,73-41)51(63)52(64)57-24-16-15-19-42(57)53(65)71-46(30-43(60)35(3)26-38(6)49(62)50(70-11)48(61)37(5)25-33)36(4)27-40-21-23-44(47(28-40)69-10)72-54(66)55(8,31-58)32-59/h12-14,17-18,26,33,35-37,39-42,44-47,49-50,58-59,62,67H,15-16,19-25,27-32H2,1-11H3/b14-12+,17-13+,34-18+,38-26+/t33-,35-,36-,37-,39-,40+,41+,42+,44-,45+,46+,47-,49-,50?,56-/m1/s1. The number of carbonyl (C=O) groups excluding carboxylic acids is 6. The summed E-state index contributed by atoms with van der Waals surface area (Å²) in [5, 5.41) is 43.1. The highest BCUT2D eigenvalue weighted by Crippen LogP contribution is 2.38. The molecule has 4 N–H and O–H groups in total. The Labute approximate surface area is 433 Å². The van der Waals surface area contributed by atoms with Gasteiger partial charge in [-0.1, -0.05) is 71.1 Å². The number of Topliss-reactive ketones (excluding diaryl/α,β-unsaturated/α-hetero) is 3. The van der Waals surface area contributed by atoms with Crippen LogP contribution in [0.15, 0.2) is 47.6 Å². The monoisotopic (exact) mass is 1030 g/mol. The van der Waals surface area contributed by atoms with Crippen molar-refractivity contribution in [2.75, 3.05) is 41.1 Å². The highest BCUT2D eigenvalue weighted by atomic mass is 16.6. The number of aliphatic hydroxyl groups excluding tert-OH is 3. The maximum atomic E-state index is 14.5. The van der Waals surface area contributed by atoms with Gasteiger partial charge in [0.25, 0.3) is 11.7 Å². The molecule has 412 valence electrons. The number of hydrogen-bond donors (Lipinski definition) is 4. The zero-order valence-corrected chi connectivity index (χ0v) is 45.3. The Hall–Kier alpha value is -3.94. The van der Waals surface area contributed by atoms with E-state index in [0.29, 0.717) is 69.8 Å². The molecular weight excluding hydrogens is 943 g/mol. The second-order valence-electron chi connectivity index (χ2n) is 21.8. The van der Waals surface area contributed by atoms with Crippen molar-refractivity contribution in [1.29, 1.82) is 0 Å². The summed E-state index contributed by atoms with van der Waals surface area (Å²) >= 11 is 0. The maximum absolute atomic E-state index is 14.5. The molecule has 0 aromatic heterocycles. The molecule has 1 unspecified atom stereocenters. The summed E-state index contributed by atoms with van der Waals surface area (Å²) < 4.78 is 35.4. The van der Waals surface area contributed by atoms with Crippen molar-refractivity contribution in [1.82, 2.24) is 4.90 Å². The van der Waals surface area contributed by atoms with E-state index >= 15 is 0 Å². The van der Waals surface area contributed by atoms with Crippen LogP contribution in [-0.2, 0) is 57.2 Å². The number of aliphatic hydroxyl groups is 4. The summed E-state index contributed by atoms with van der Waals surface area (Å²) in [4.78, 5) is 85.4. The number of cyclic esters (lactones) is 1. The maximum Gasteiger partial charge on any atom is 0.329 e. The molecule has 15 atom stereocenters. The zero-order valence-electron chi connectivity index (χ0n) is 45.3. The third-order valence-corrected chi connectivity index (χ3v) is 15.9. The van der Waals surface area contributed by atoms with Crippen molar-refractivity contribution < 1.29 is 77.6 Å². The molecule has 73 heavy (non-hydrogen) atoms. The van der Waals surface area contributed by atoms with E-state index in [1.165, 1.54) is 21.1 Å². The smallest absolute Gasteiger partial charge is 0.329 e. The minimum absolute atomic E-state index is 0.00697. The number of carbonyl (C=O) groups is 6. The largest absolute Gasteiger partial charge is 0.460 e. The summed E-state index contributed by atoms with van der Waals surface area (Å²) in [5.41, 5.74) is -0.277. The molecule has 2 bridgehead atoms. The molecule has 3 fully saturated rings. The molecule has 1 aliphatic carbocycles. The minimum atomic E-state index is -2.47. The zero-order chi connectivity index (χ0) is 54.4. The lowest BCUT2D eigenvalue weighted by Crippen LogP contribution is -2.61. The molecule has 1 amide bonds. The number of methoxy groups -OCH3 is 3. The van der Waals surface area contributed by atoms with Crippen LogP contribution in [0.25, 0.3) is 0 Å². The Kier molecular flexibility index (Phi) is 23.9. The van der Waals surface area contributed by atoms with E-state index < -0.39 is 120 Å². The fourth-order valence-electron chi connectivity index (χ4n) is 10.7. The number of ketones is 3. The van der Waals surface area contributed by atoms with Crippen LogP contribution in [0.3, 0.4) is 0 Å². The molecule has 17 nitrogen and oxygen atoms in total. The molecule has 2 saturated heterocycles. The predicted molar refractivity (Wildman–Crippen MR) is 271 cm³/mol. The number of rotatable bonds is 10. The summed E-state index contributed by atoms with van der Waals surface area (Å²) in [5.74, 6) is -9.36. The van der Waals surface area contributed by atoms with Gasteiger partial charge in [0, 0.05) is 58.5 Å². The molecule has 0 spiro atoms. The predicted octanol–water partition coefficient (Wildman–Crippen LogP) is 5.72. The minimum Gasteiger partial charge on any atom is -0.460 e. The summed E-state index contributed by atoms with van der Waals surface area (Å²) in [6.45, 7) is 12.7. The van der Waals surface area contributed by atoms with E-state index in [2.05, 4.69) is 0 Å². The fraction of sp³-hybridized carbons (Fsp3) is 0.750. The summed E-state index contributed by atoms with van der Waals surface area (Å²) in [6.07, 6.45) is 9.76. The first-order valence-electron chi connectivity index (χ1n) is 26.4. The lowest BCUT2D eigenvalue weighted by molar-refractivity contribution is -0.265. The molecule has 4 rings (SSSR count). The molecule has 0 radical (unpaired) electrons. The van der Waals surface area contributed by atoms with E-state index in [4.69, 9.17) is 28.4 Å². The van der Waals surface area contributed by atoms with Crippen LogP contribution in [0.2, 0.25) is 0 Å². The molecule has 17 heteroatoms. The van der Waals surface area contributed by atoms with Crippen LogP contribution in [0, 0.1) is 40.9 Å². The van der Waals surface area contributed by atoms with Gasteiger partial charge in [0.15, 0.2) is 5.78 Å². The first-order chi connectivity index (χ1) is 34.5. The van der Waals surface area contributed by atoms with E-state index in [1.807, 2.05) is 51.2 Å². The average Bonchev–Trinajstić information content (AvgIpc) is 3.37. The number of amides is 1. The topological polar surface area (TPSA) is 242 Å². The van der Waals surface area contributed by atoms with Gasteiger partial charge in [-0.25, -0.2) is 4.79 Å². The third kappa shape index (κ3) is 16.0. The first-order valence-corrected chi connectivity index (χ1v) is 26.4. The van der Waals surface area contributed by atoms with Gasteiger partial charge in [0.2, 0.25) is 5.79 Å². The summed E-state index contributed by atoms with van der Waals surface area (Å²) in [6, 6.07) is -1.20. The van der Waals surface area contributed by atoms with E-state index in [9.17, 15) is 49.2 Å². The SMILES string of the molecule is COC1C(=O)[C@H](C)C[C@H](C)/C=C/C=C/C=C(\C)[C@@H](OC)C[C@@H]2CC[C@@H](C)[C@@](O)(O2)C(=O)C(=O)N2CCCC[C@H]2C(=O)O[C@H]([C@H](C)C[C@@H]2CC[C@@H](OC(=O)C(C)(CO)CO)[C@H](OC)C2)CC(=O)[C@H](C)/C=C(\C)[C@H]1O. The van der Waals surface area contributed by atoms with Crippen molar-refractivity contribution in [2.24, 2.45) is 40.9 Å². The van der Waals surface area contributed by atoms with Crippen LogP contribution < -0.4 is 0 Å². The van der Waals surface area contributed by atoms with Crippen molar-refractivity contribution in [2.45, 2.75) is 187 Å². The molecule has 0 aromatic rings. The second kappa shape index (κ2) is 28.3. The Balaban J connectivity index is 1.69. The number of hydrogen-bond acceptors (Lipinski definition) is 16. The number of piperidine rings is 1. The number of ether oxygens (including phenoxy) is 6. The van der Waals surface area contributed by atoms with Crippen molar-refractivity contribution >= 4 is 35.2 Å². The van der Waals surface area contributed by atoms with Gasteiger partial charge >= 0.3 is 11.9 Å². The molecular formula is C56H87NO16. The Bertz CT molecular complexity index is 2010. The Morgan fingerprint density at radius 1 is 0.863 bits per heavy atom. The van der Waals surface area contributed by atoms with Gasteiger partial charge in [0.05, 0.1) is 31.5 Å². The van der Waals surface area contributed by atoms with Crippen LogP contribution >= 0.6 is 0 Å². The number of esters is 2. The van der Waals surface area contributed by atoms with Gasteiger partial charge in [-0.2, -0.15) is 0 Å². The molecule has 0 aromatic carbocycles. The van der Waals surface area contributed by atoms with Gasteiger partial charge in [-0.05, 0) is 114 Å². The third-order valence-electron chi connectivity index (χ3n) is 15.9. The number of allylic oxidation sites excluding steroid dienone is 6. The summed E-state index contributed by atoms with van der Waals surface area (Å²) in [7, 11) is 4.43. The lowest BCUT2D eigenvalue weighted by Gasteiger charge is -2.42. The van der Waals surface area contributed by atoms with Crippen molar-refractivity contribution in [3.8, 4) is 0 Å². The van der Waals surface area contributed by atoms with Crippen LogP contribution in [0.1, 0.15) is 132 Å². The highest BCUT2D eigenvalue weighted by Gasteiger charge is 2.53. The van der Waals surface area contributed by atoms with Gasteiger partial charge in [0.1, 0.15) is 41.7 Å². The quantitative estimate of drug-likeness (QED) is 0.116. The van der Waals surface area contributed by atoms with Crippen LogP contribution in [-0.4, -0.2) is 156 Å². The molecule has 3 heterocycles. The molecule has 4 aliphatic rings.